The van der Waals surface area contributed by atoms with Gasteiger partial charge in [0, 0.05) is 23.9 Å². The van der Waals surface area contributed by atoms with Crippen LogP contribution < -0.4 is 14.2 Å². The predicted molar refractivity (Wildman–Crippen MR) is 130 cm³/mol. The standard InChI is InChI=1S/C23H24FN7O4S/c1-14(21-26-12-17(24)13-27-21)15(2)36(32,33)30-23-29-28-22(16-7-6-10-25-11-16)31(23)20-18(34-3)8-5-9-19(20)35-4/h5-15H,1-4H3,(H,29,30)/t14-,15+/m1/s1. The number of benzene rings is 1. The molecule has 0 saturated carbocycles. The van der Waals surface area contributed by atoms with E-state index in [9.17, 15) is 12.8 Å². The number of para-hydroxylation sites is 1. The molecule has 1 aromatic carbocycles. The summed E-state index contributed by atoms with van der Waals surface area (Å²) in [5.41, 5.74) is 0.983. The molecule has 0 aliphatic heterocycles. The third-order valence-corrected chi connectivity index (χ3v) is 7.54. The molecule has 2 atom stereocenters. The number of anilines is 1. The Labute approximate surface area is 207 Å². The fraction of sp³-hybridized carbons (Fsp3) is 0.261. The fourth-order valence-corrected chi connectivity index (χ4v) is 4.78. The minimum atomic E-state index is -4.05. The lowest BCUT2D eigenvalue weighted by molar-refractivity contribution is 0.391. The van der Waals surface area contributed by atoms with Crippen LogP contribution >= 0.6 is 0 Å². The van der Waals surface area contributed by atoms with Crippen molar-refractivity contribution in [3.05, 3.63) is 66.8 Å². The molecule has 0 spiro atoms. The Morgan fingerprint density at radius 3 is 2.22 bits per heavy atom. The Morgan fingerprint density at radius 1 is 0.972 bits per heavy atom. The SMILES string of the molecule is COc1cccc(OC)c1-n1c(NS(=O)(=O)[C@@H](C)[C@@H](C)c2ncc(F)cn2)nnc1-c1cccnc1. The summed E-state index contributed by atoms with van der Waals surface area (Å²) in [5, 5.41) is 7.37. The van der Waals surface area contributed by atoms with E-state index in [0.717, 1.165) is 12.4 Å². The molecule has 0 saturated heterocycles. The van der Waals surface area contributed by atoms with Crippen molar-refractivity contribution in [2.75, 3.05) is 18.9 Å². The molecule has 0 aliphatic rings. The van der Waals surface area contributed by atoms with Crippen LogP contribution in [0.15, 0.2) is 55.1 Å². The predicted octanol–water partition coefficient (Wildman–Crippen LogP) is 3.21. The number of halogens is 1. The Morgan fingerprint density at radius 2 is 1.64 bits per heavy atom. The Balaban J connectivity index is 1.81. The summed E-state index contributed by atoms with van der Waals surface area (Å²) in [6, 6.07) is 8.65. The molecule has 0 fully saturated rings. The van der Waals surface area contributed by atoms with Crippen LogP contribution in [-0.4, -0.2) is 57.6 Å². The summed E-state index contributed by atoms with van der Waals surface area (Å²) < 4.78 is 55.2. The molecule has 0 bridgehead atoms. The summed E-state index contributed by atoms with van der Waals surface area (Å²) in [6.45, 7) is 3.15. The van der Waals surface area contributed by atoms with E-state index < -0.39 is 27.0 Å². The zero-order chi connectivity index (χ0) is 25.9. The number of hydrogen-bond acceptors (Lipinski definition) is 9. The molecule has 0 aliphatic carbocycles. The molecule has 188 valence electrons. The highest BCUT2D eigenvalue weighted by molar-refractivity contribution is 7.93. The fourth-order valence-electron chi connectivity index (χ4n) is 3.55. The summed E-state index contributed by atoms with van der Waals surface area (Å²) >= 11 is 0. The topological polar surface area (TPSA) is 134 Å². The first-order valence-electron chi connectivity index (χ1n) is 10.8. The second-order valence-corrected chi connectivity index (χ2v) is 9.87. The average Bonchev–Trinajstić information content (AvgIpc) is 3.30. The molecule has 4 aromatic rings. The largest absolute Gasteiger partial charge is 0.494 e. The maximum absolute atomic E-state index is 13.4. The van der Waals surface area contributed by atoms with E-state index >= 15 is 0 Å². The minimum absolute atomic E-state index is 0.0873. The summed E-state index contributed by atoms with van der Waals surface area (Å²) in [6.07, 6.45) is 5.18. The van der Waals surface area contributed by atoms with Gasteiger partial charge in [-0.15, -0.1) is 10.2 Å². The maximum atomic E-state index is 13.4. The highest BCUT2D eigenvalue weighted by Gasteiger charge is 2.32. The molecule has 0 radical (unpaired) electrons. The summed E-state index contributed by atoms with van der Waals surface area (Å²) in [4.78, 5) is 12.0. The third-order valence-electron chi connectivity index (χ3n) is 5.68. The van der Waals surface area contributed by atoms with E-state index in [1.807, 2.05) is 0 Å². The minimum Gasteiger partial charge on any atom is -0.494 e. The van der Waals surface area contributed by atoms with Gasteiger partial charge in [-0.2, -0.15) is 0 Å². The van der Waals surface area contributed by atoms with E-state index in [1.54, 1.807) is 49.6 Å². The molecule has 0 amide bonds. The van der Waals surface area contributed by atoms with Crippen molar-refractivity contribution < 1.29 is 22.3 Å². The van der Waals surface area contributed by atoms with Crippen LogP contribution in [0.5, 0.6) is 11.5 Å². The van der Waals surface area contributed by atoms with Gasteiger partial charge in [-0.1, -0.05) is 13.0 Å². The van der Waals surface area contributed by atoms with Crippen LogP contribution in [0.3, 0.4) is 0 Å². The monoisotopic (exact) mass is 513 g/mol. The van der Waals surface area contributed by atoms with Gasteiger partial charge in [0.15, 0.2) is 11.6 Å². The maximum Gasteiger partial charge on any atom is 0.243 e. The van der Waals surface area contributed by atoms with Crippen LogP contribution in [0.1, 0.15) is 25.6 Å². The molecule has 4 rings (SSSR count). The number of nitrogens with zero attached hydrogens (tertiary/aromatic N) is 6. The van der Waals surface area contributed by atoms with Crippen LogP contribution in [0, 0.1) is 5.82 Å². The zero-order valence-corrected chi connectivity index (χ0v) is 20.8. The van der Waals surface area contributed by atoms with Crippen molar-refractivity contribution in [3.8, 4) is 28.6 Å². The first-order chi connectivity index (χ1) is 17.3. The molecule has 13 heteroatoms. The number of pyridine rings is 1. The van der Waals surface area contributed by atoms with E-state index in [4.69, 9.17) is 9.47 Å². The van der Waals surface area contributed by atoms with E-state index in [0.29, 0.717) is 28.6 Å². The van der Waals surface area contributed by atoms with Gasteiger partial charge in [0.05, 0.1) is 31.9 Å². The number of aromatic nitrogens is 6. The Hall–Kier alpha value is -4.13. The molecule has 1 N–H and O–H groups in total. The summed E-state index contributed by atoms with van der Waals surface area (Å²) in [5.74, 6) is -0.0405. The van der Waals surface area contributed by atoms with E-state index in [2.05, 4.69) is 29.9 Å². The molecule has 3 heterocycles. The normalized spacial score (nSPS) is 13.1. The first-order valence-corrected chi connectivity index (χ1v) is 12.4. The lowest BCUT2D eigenvalue weighted by atomic mass is 10.1. The van der Waals surface area contributed by atoms with Crippen molar-refractivity contribution in [1.29, 1.82) is 0 Å². The second kappa shape index (κ2) is 10.2. The van der Waals surface area contributed by atoms with Crippen molar-refractivity contribution in [3.63, 3.8) is 0 Å². The molecule has 3 aromatic heterocycles. The number of ether oxygens (including phenoxy) is 2. The van der Waals surface area contributed by atoms with Crippen molar-refractivity contribution in [2.45, 2.75) is 25.0 Å². The van der Waals surface area contributed by atoms with Crippen LogP contribution in [0.4, 0.5) is 10.3 Å². The molecule has 0 unspecified atom stereocenters. The van der Waals surface area contributed by atoms with Gasteiger partial charge < -0.3 is 9.47 Å². The number of hydrogen-bond donors (Lipinski definition) is 1. The highest BCUT2D eigenvalue weighted by Crippen LogP contribution is 2.38. The van der Waals surface area contributed by atoms with E-state index in [-0.39, 0.29) is 11.8 Å². The van der Waals surface area contributed by atoms with Gasteiger partial charge in [-0.25, -0.2) is 22.8 Å². The quantitative estimate of drug-likeness (QED) is 0.358. The summed E-state index contributed by atoms with van der Waals surface area (Å²) in [7, 11) is -1.08. The Kier molecular flexibility index (Phi) is 7.10. The third kappa shape index (κ3) is 4.82. The number of sulfonamides is 1. The smallest absolute Gasteiger partial charge is 0.243 e. The van der Waals surface area contributed by atoms with Gasteiger partial charge in [-0.05, 0) is 31.2 Å². The lowest BCUT2D eigenvalue weighted by Gasteiger charge is -2.21. The van der Waals surface area contributed by atoms with Gasteiger partial charge in [0.1, 0.15) is 23.0 Å². The molecular formula is C23H24FN7O4S. The molecular weight excluding hydrogens is 489 g/mol. The van der Waals surface area contributed by atoms with Crippen molar-refractivity contribution in [1.82, 2.24) is 29.7 Å². The highest BCUT2D eigenvalue weighted by atomic mass is 32.2. The number of rotatable bonds is 9. The zero-order valence-electron chi connectivity index (χ0n) is 20.0. The number of methoxy groups -OCH3 is 2. The van der Waals surface area contributed by atoms with Crippen LogP contribution in [0.25, 0.3) is 17.1 Å². The first kappa shape index (κ1) is 25.0. The molecule has 36 heavy (non-hydrogen) atoms. The van der Waals surface area contributed by atoms with Gasteiger partial charge >= 0.3 is 0 Å². The van der Waals surface area contributed by atoms with Crippen LogP contribution in [-0.2, 0) is 10.0 Å². The Bertz CT molecular complexity index is 1430. The van der Waals surface area contributed by atoms with Gasteiger partial charge in [-0.3, -0.25) is 14.3 Å². The second-order valence-electron chi connectivity index (χ2n) is 7.84. The average molecular weight is 514 g/mol. The van der Waals surface area contributed by atoms with Crippen molar-refractivity contribution in [2.24, 2.45) is 0 Å². The van der Waals surface area contributed by atoms with Crippen molar-refractivity contribution >= 4 is 16.0 Å². The van der Waals surface area contributed by atoms with Gasteiger partial charge in [0.25, 0.3) is 0 Å². The van der Waals surface area contributed by atoms with Gasteiger partial charge in [0.2, 0.25) is 16.0 Å². The molecule has 11 nitrogen and oxygen atoms in total. The van der Waals surface area contributed by atoms with E-state index in [1.165, 1.54) is 25.7 Å². The van der Waals surface area contributed by atoms with Crippen LogP contribution in [0.2, 0.25) is 0 Å². The number of nitrogens with one attached hydrogen (secondary N) is 1. The lowest BCUT2D eigenvalue weighted by Crippen LogP contribution is -2.31.